The molecule has 7 nitrogen and oxygen atoms in total. The van der Waals surface area contributed by atoms with Gasteiger partial charge in [-0.05, 0) is 48.5 Å². The molecule has 3 N–H and O–H groups in total. The number of para-hydroxylation sites is 1. The number of hydrogen-bond acceptors (Lipinski definition) is 4. The smallest absolute Gasteiger partial charge is 0.263 e. The monoisotopic (exact) mass is 460 g/mol. The van der Waals surface area contributed by atoms with Crippen molar-refractivity contribution in [3.05, 3.63) is 82.5 Å². The van der Waals surface area contributed by atoms with Gasteiger partial charge in [-0.3, -0.25) is 14.6 Å². The third-order valence-corrected chi connectivity index (χ3v) is 6.42. The molecule has 0 aliphatic heterocycles. The van der Waals surface area contributed by atoms with Gasteiger partial charge >= 0.3 is 0 Å². The number of aromatic amines is 1. The van der Waals surface area contributed by atoms with Crippen LogP contribution in [0.1, 0.15) is 10.4 Å². The zero-order chi connectivity index (χ0) is 21.3. The topological polar surface area (TPSA) is 104 Å². The molecule has 1 heterocycles. The molecule has 0 fully saturated rings. The van der Waals surface area contributed by atoms with Crippen LogP contribution in [0.3, 0.4) is 0 Å². The third-order valence-electron chi connectivity index (χ3n) is 4.30. The van der Waals surface area contributed by atoms with E-state index in [9.17, 15) is 13.2 Å². The fourth-order valence-electron chi connectivity index (χ4n) is 2.85. The normalized spacial score (nSPS) is 11.4. The molecule has 0 saturated carbocycles. The molecule has 0 atom stereocenters. The number of hydrogen-bond donors (Lipinski definition) is 3. The van der Waals surface area contributed by atoms with Gasteiger partial charge in [0.15, 0.2) is 0 Å². The first-order chi connectivity index (χ1) is 14.3. The number of benzene rings is 3. The molecule has 0 unspecified atom stereocenters. The maximum absolute atomic E-state index is 12.8. The molecule has 0 aliphatic carbocycles. The predicted molar refractivity (Wildman–Crippen MR) is 118 cm³/mol. The van der Waals surface area contributed by atoms with Gasteiger partial charge in [0.25, 0.3) is 15.9 Å². The van der Waals surface area contributed by atoms with E-state index in [0.717, 1.165) is 5.39 Å². The first-order valence-corrected chi connectivity index (χ1v) is 10.9. The van der Waals surface area contributed by atoms with E-state index >= 15 is 0 Å². The molecule has 1 aromatic heterocycles. The van der Waals surface area contributed by atoms with Crippen molar-refractivity contribution in [1.82, 2.24) is 10.2 Å². The van der Waals surface area contributed by atoms with E-state index in [0.29, 0.717) is 21.9 Å². The molecular formula is C20H14Cl2N4O3S. The lowest BCUT2D eigenvalue weighted by Crippen LogP contribution is -2.16. The molecule has 3 aromatic carbocycles. The number of fused-ring (bicyclic) bond motifs is 1. The van der Waals surface area contributed by atoms with Crippen LogP contribution in [0.5, 0.6) is 0 Å². The third kappa shape index (κ3) is 4.11. The summed E-state index contributed by atoms with van der Waals surface area (Å²) in [6, 6.07) is 15.5. The fraction of sp³-hybridized carbons (Fsp3) is 0. The SMILES string of the molecule is O=C(Nc1cccc2cn[nH]c12)c1ccc(Cl)c(S(=O)(=O)Nc2ccc(Cl)cc2)c1. The number of carbonyl (C=O) groups excluding carboxylic acids is 1. The average molecular weight is 461 g/mol. The first-order valence-electron chi connectivity index (χ1n) is 8.65. The van der Waals surface area contributed by atoms with Gasteiger partial charge in [0, 0.05) is 21.7 Å². The number of nitrogens with zero attached hydrogens (tertiary/aromatic N) is 1. The summed E-state index contributed by atoms with van der Waals surface area (Å²) in [6.07, 6.45) is 1.64. The van der Waals surface area contributed by atoms with Crippen LogP contribution in [0, 0.1) is 0 Å². The van der Waals surface area contributed by atoms with Crippen LogP contribution in [0.4, 0.5) is 11.4 Å². The van der Waals surface area contributed by atoms with E-state index in [1.807, 2.05) is 6.07 Å². The van der Waals surface area contributed by atoms with Crippen molar-refractivity contribution in [2.24, 2.45) is 0 Å². The number of carbonyl (C=O) groups is 1. The molecule has 4 rings (SSSR count). The van der Waals surface area contributed by atoms with Crippen LogP contribution in [-0.2, 0) is 10.0 Å². The van der Waals surface area contributed by atoms with E-state index < -0.39 is 15.9 Å². The van der Waals surface area contributed by atoms with Crippen molar-refractivity contribution >= 4 is 61.4 Å². The Balaban J connectivity index is 1.63. The lowest BCUT2D eigenvalue weighted by molar-refractivity contribution is 0.102. The Bertz CT molecular complexity index is 1350. The highest BCUT2D eigenvalue weighted by Crippen LogP contribution is 2.27. The lowest BCUT2D eigenvalue weighted by Gasteiger charge is -2.12. The summed E-state index contributed by atoms with van der Waals surface area (Å²) in [5.74, 6) is -0.489. The van der Waals surface area contributed by atoms with Crippen molar-refractivity contribution in [3.8, 4) is 0 Å². The molecule has 1 amide bonds. The minimum atomic E-state index is -4.03. The molecule has 0 saturated heterocycles. The molecule has 4 aromatic rings. The Morgan fingerprint density at radius 1 is 1.00 bits per heavy atom. The van der Waals surface area contributed by atoms with E-state index in [4.69, 9.17) is 23.2 Å². The lowest BCUT2D eigenvalue weighted by atomic mass is 10.2. The zero-order valence-electron chi connectivity index (χ0n) is 15.2. The van der Waals surface area contributed by atoms with E-state index in [1.54, 1.807) is 30.5 Å². The average Bonchev–Trinajstić information content (AvgIpc) is 3.19. The number of H-pyrrole nitrogens is 1. The Kier molecular flexibility index (Phi) is 5.38. The zero-order valence-corrected chi connectivity index (χ0v) is 17.5. The summed E-state index contributed by atoms with van der Waals surface area (Å²) in [5.41, 5.74) is 1.63. The van der Waals surface area contributed by atoms with Gasteiger partial charge < -0.3 is 5.32 Å². The largest absolute Gasteiger partial charge is 0.320 e. The predicted octanol–water partition coefficient (Wildman–Crippen LogP) is 4.92. The number of nitrogens with one attached hydrogen (secondary N) is 3. The van der Waals surface area contributed by atoms with E-state index in [-0.39, 0.29) is 15.5 Å². The van der Waals surface area contributed by atoms with Crippen molar-refractivity contribution in [1.29, 1.82) is 0 Å². The number of amides is 1. The minimum absolute atomic E-state index is 0.0105. The number of halogens is 2. The second kappa shape index (κ2) is 7.98. The van der Waals surface area contributed by atoms with Gasteiger partial charge in [-0.2, -0.15) is 5.10 Å². The van der Waals surface area contributed by atoms with Crippen LogP contribution in [-0.4, -0.2) is 24.5 Å². The minimum Gasteiger partial charge on any atom is -0.320 e. The Labute approximate surface area is 182 Å². The summed E-state index contributed by atoms with van der Waals surface area (Å²) in [7, 11) is -4.03. The van der Waals surface area contributed by atoms with E-state index in [1.165, 1.54) is 30.3 Å². The standard InChI is InChI=1S/C20H14Cl2N4O3S/c21-14-5-7-15(8-6-14)26-30(28,29)18-10-12(4-9-16(18)22)20(27)24-17-3-1-2-13-11-23-25-19(13)17/h1-11,26H,(H,23,25)(H,24,27). The van der Waals surface area contributed by atoms with Gasteiger partial charge in [-0.15, -0.1) is 0 Å². The van der Waals surface area contributed by atoms with Crippen LogP contribution in [0.15, 0.2) is 71.8 Å². The first kappa shape index (κ1) is 20.2. The van der Waals surface area contributed by atoms with Crippen LogP contribution in [0.2, 0.25) is 10.0 Å². The molecular weight excluding hydrogens is 447 g/mol. The maximum atomic E-state index is 12.8. The molecule has 10 heteroatoms. The maximum Gasteiger partial charge on any atom is 0.263 e. The van der Waals surface area contributed by atoms with Crippen molar-refractivity contribution in [3.63, 3.8) is 0 Å². The summed E-state index contributed by atoms with van der Waals surface area (Å²) < 4.78 is 28.0. The van der Waals surface area contributed by atoms with Gasteiger partial charge in [0.2, 0.25) is 0 Å². The van der Waals surface area contributed by atoms with Crippen molar-refractivity contribution in [2.75, 3.05) is 10.0 Å². The van der Waals surface area contributed by atoms with Crippen molar-refractivity contribution < 1.29 is 13.2 Å². The summed E-state index contributed by atoms with van der Waals surface area (Å²) in [6.45, 7) is 0. The van der Waals surface area contributed by atoms with Crippen LogP contribution >= 0.6 is 23.2 Å². The molecule has 30 heavy (non-hydrogen) atoms. The quantitative estimate of drug-likeness (QED) is 0.392. The summed E-state index contributed by atoms with van der Waals surface area (Å²) >= 11 is 11.9. The Morgan fingerprint density at radius 2 is 1.77 bits per heavy atom. The number of rotatable bonds is 5. The van der Waals surface area contributed by atoms with Gasteiger partial charge in [-0.25, -0.2) is 8.42 Å². The van der Waals surface area contributed by atoms with Gasteiger partial charge in [-0.1, -0.05) is 35.3 Å². The van der Waals surface area contributed by atoms with Crippen LogP contribution < -0.4 is 10.0 Å². The highest BCUT2D eigenvalue weighted by Gasteiger charge is 2.21. The highest BCUT2D eigenvalue weighted by atomic mass is 35.5. The van der Waals surface area contributed by atoms with Crippen LogP contribution in [0.25, 0.3) is 10.9 Å². The van der Waals surface area contributed by atoms with Gasteiger partial charge in [0.1, 0.15) is 4.90 Å². The highest BCUT2D eigenvalue weighted by molar-refractivity contribution is 7.92. The fourth-order valence-corrected chi connectivity index (χ4v) is 4.56. The summed E-state index contributed by atoms with van der Waals surface area (Å²) in [5, 5.41) is 10.8. The summed E-state index contributed by atoms with van der Waals surface area (Å²) in [4.78, 5) is 12.5. The molecule has 0 bridgehead atoms. The van der Waals surface area contributed by atoms with E-state index in [2.05, 4.69) is 20.2 Å². The number of aromatic nitrogens is 2. The second-order valence-corrected chi connectivity index (χ2v) is 8.85. The Hall–Kier alpha value is -3.07. The Morgan fingerprint density at radius 3 is 2.53 bits per heavy atom. The molecule has 152 valence electrons. The van der Waals surface area contributed by atoms with Crippen molar-refractivity contribution in [2.45, 2.75) is 4.90 Å². The molecule has 0 spiro atoms. The molecule has 0 aliphatic rings. The second-order valence-electron chi connectivity index (χ2n) is 6.35. The molecule has 0 radical (unpaired) electrons. The van der Waals surface area contributed by atoms with Gasteiger partial charge in [0.05, 0.1) is 22.4 Å². The number of sulfonamides is 1. The number of anilines is 2.